The number of phenols is 1. The van der Waals surface area contributed by atoms with Gasteiger partial charge in [-0.05, 0) is 59.0 Å². The second-order valence-electron chi connectivity index (χ2n) is 8.17. The molecule has 0 saturated heterocycles. The topological polar surface area (TPSA) is 112 Å². The van der Waals surface area contributed by atoms with Crippen LogP contribution in [-0.2, 0) is 22.9 Å². The molecule has 5 rings (SSSR count). The van der Waals surface area contributed by atoms with Gasteiger partial charge in [-0.3, -0.25) is 0 Å². The van der Waals surface area contributed by atoms with E-state index in [1.54, 1.807) is 30.3 Å². The van der Waals surface area contributed by atoms with Crippen molar-refractivity contribution in [2.24, 2.45) is 0 Å². The molecule has 0 amide bonds. The van der Waals surface area contributed by atoms with E-state index in [2.05, 4.69) is 9.71 Å². The van der Waals surface area contributed by atoms with Gasteiger partial charge >= 0.3 is 0 Å². The molecular formula is C25H24N2O5S. The number of ether oxygens (including phenoxy) is 1. The average Bonchev–Trinajstić information content (AvgIpc) is 3.45. The quantitative estimate of drug-likeness (QED) is 0.335. The standard InChI is InChI=1S/C25H24N2O5S/c28-15-20(12-19-14-26-23-4-2-1-3-22(19)23)27-33(30,31)24-13-18(11-17-9-10-32-25(17)24)16-5-7-21(29)8-6-16/h1-8,11,13-14,20,26-29H,9-10,12,15H2/t20-/m0/s1. The van der Waals surface area contributed by atoms with Crippen LogP contribution in [0.25, 0.3) is 22.0 Å². The zero-order valence-electron chi connectivity index (χ0n) is 17.8. The first-order valence-electron chi connectivity index (χ1n) is 10.7. The average molecular weight is 465 g/mol. The number of H-pyrrole nitrogens is 1. The van der Waals surface area contributed by atoms with Crippen molar-refractivity contribution >= 4 is 20.9 Å². The van der Waals surface area contributed by atoms with E-state index in [0.29, 0.717) is 25.2 Å². The lowest BCUT2D eigenvalue weighted by Gasteiger charge is -2.18. The third-order valence-electron chi connectivity index (χ3n) is 5.92. The van der Waals surface area contributed by atoms with Gasteiger partial charge in [0.05, 0.1) is 13.2 Å². The van der Waals surface area contributed by atoms with Crippen LogP contribution in [0.1, 0.15) is 11.1 Å². The molecule has 4 aromatic rings. The molecule has 1 atom stereocenters. The highest BCUT2D eigenvalue weighted by atomic mass is 32.2. The number of nitrogens with one attached hydrogen (secondary N) is 2. The van der Waals surface area contributed by atoms with Crippen LogP contribution in [0.4, 0.5) is 0 Å². The minimum atomic E-state index is -3.99. The second kappa shape index (κ2) is 8.55. The molecule has 4 N–H and O–H groups in total. The van der Waals surface area contributed by atoms with E-state index in [1.807, 2.05) is 36.5 Å². The highest BCUT2D eigenvalue weighted by Gasteiger charge is 2.29. The minimum Gasteiger partial charge on any atom is -0.508 e. The molecule has 1 aliphatic rings. The van der Waals surface area contributed by atoms with Crippen LogP contribution in [0.5, 0.6) is 11.5 Å². The van der Waals surface area contributed by atoms with E-state index in [9.17, 15) is 18.6 Å². The zero-order chi connectivity index (χ0) is 23.0. The molecule has 0 bridgehead atoms. The molecule has 2 heterocycles. The van der Waals surface area contributed by atoms with Crippen molar-refractivity contribution in [3.05, 3.63) is 78.0 Å². The number of para-hydroxylation sites is 1. The fourth-order valence-electron chi connectivity index (χ4n) is 4.29. The van der Waals surface area contributed by atoms with Crippen molar-refractivity contribution in [1.82, 2.24) is 9.71 Å². The number of aromatic hydroxyl groups is 1. The van der Waals surface area contributed by atoms with Crippen LogP contribution in [0.3, 0.4) is 0 Å². The SMILES string of the molecule is O=S(=O)(N[C@H](CO)Cc1c[nH]c2ccccc12)c1cc(-c2ccc(O)cc2)cc2c1OCC2. The summed E-state index contributed by atoms with van der Waals surface area (Å²) in [6, 6.07) is 17.2. The molecule has 0 aliphatic carbocycles. The monoisotopic (exact) mass is 464 g/mol. The summed E-state index contributed by atoms with van der Waals surface area (Å²) in [5, 5.41) is 20.5. The summed E-state index contributed by atoms with van der Waals surface area (Å²) in [6.45, 7) is 0.0646. The van der Waals surface area contributed by atoms with E-state index < -0.39 is 16.1 Å². The number of hydrogen-bond donors (Lipinski definition) is 4. The van der Waals surface area contributed by atoms with Gasteiger partial charge in [0.25, 0.3) is 0 Å². The Balaban J connectivity index is 1.48. The number of hydrogen-bond acceptors (Lipinski definition) is 5. The van der Waals surface area contributed by atoms with Crippen molar-refractivity contribution in [3.63, 3.8) is 0 Å². The Kier molecular flexibility index (Phi) is 5.57. The molecule has 1 aliphatic heterocycles. The van der Waals surface area contributed by atoms with Gasteiger partial charge in [-0.25, -0.2) is 13.1 Å². The van der Waals surface area contributed by atoms with Crippen LogP contribution < -0.4 is 9.46 Å². The maximum Gasteiger partial charge on any atom is 0.244 e. The van der Waals surface area contributed by atoms with E-state index in [0.717, 1.165) is 33.2 Å². The number of sulfonamides is 1. The Morgan fingerprint density at radius 2 is 1.85 bits per heavy atom. The van der Waals surface area contributed by atoms with E-state index in [1.165, 1.54) is 0 Å². The largest absolute Gasteiger partial charge is 0.508 e. The van der Waals surface area contributed by atoms with Gasteiger partial charge in [-0.2, -0.15) is 0 Å². The number of rotatable bonds is 7. The van der Waals surface area contributed by atoms with Crippen molar-refractivity contribution in [2.75, 3.05) is 13.2 Å². The second-order valence-corrected chi connectivity index (χ2v) is 9.85. The van der Waals surface area contributed by atoms with Crippen LogP contribution >= 0.6 is 0 Å². The zero-order valence-corrected chi connectivity index (χ0v) is 18.6. The van der Waals surface area contributed by atoms with E-state index >= 15 is 0 Å². The summed E-state index contributed by atoms with van der Waals surface area (Å²) in [7, 11) is -3.99. The summed E-state index contributed by atoms with van der Waals surface area (Å²) < 4.78 is 35.2. The smallest absolute Gasteiger partial charge is 0.244 e. The number of aliphatic hydroxyl groups excluding tert-OH is 1. The number of aliphatic hydroxyl groups is 1. The van der Waals surface area contributed by atoms with E-state index in [4.69, 9.17) is 4.74 Å². The molecule has 0 saturated carbocycles. The predicted octanol–water partition coefficient (Wildman–Crippen LogP) is 3.36. The number of aromatic amines is 1. The molecule has 8 heteroatoms. The minimum absolute atomic E-state index is 0.0537. The third kappa shape index (κ3) is 4.20. The maximum atomic E-state index is 13.4. The van der Waals surface area contributed by atoms with Crippen molar-refractivity contribution in [3.8, 4) is 22.6 Å². The molecule has 1 aromatic heterocycles. The van der Waals surface area contributed by atoms with Crippen molar-refractivity contribution < 1.29 is 23.4 Å². The summed E-state index contributed by atoms with van der Waals surface area (Å²) in [5.74, 6) is 0.495. The van der Waals surface area contributed by atoms with Gasteiger partial charge in [-0.15, -0.1) is 0 Å². The fraction of sp³-hybridized carbons (Fsp3) is 0.200. The first-order valence-corrected chi connectivity index (χ1v) is 12.2. The Hall–Kier alpha value is -3.33. The number of phenolic OH excluding ortho intramolecular Hbond substituents is 1. The third-order valence-corrected chi connectivity index (χ3v) is 7.45. The summed E-state index contributed by atoms with van der Waals surface area (Å²) in [6.07, 6.45) is 2.79. The normalized spacial score (nSPS) is 14.2. The van der Waals surface area contributed by atoms with Crippen LogP contribution in [0.2, 0.25) is 0 Å². The molecule has 0 fully saturated rings. The lowest BCUT2D eigenvalue weighted by Crippen LogP contribution is -2.39. The number of aromatic nitrogens is 1. The van der Waals surface area contributed by atoms with Crippen molar-refractivity contribution in [2.45, 2.75) is 23.8 Å². The Labute approximate surface area is 191 Å². The maximum absolute atomic E-state index is 13.4. The Morgan fingerprint density at radius 1 is 1.06 bits per heavy atom. The molecule has 33 heavy (non-hydrogen) atoms. The lowest BCUT2D eigenvalue weighted by atomic mass is 10.0. The van der Waals surface area contributed by atoms with Crippen LogP contribution in [0.15, 0.2) is 71.8 Å². The van der Waals surface area contributed by atoms with Gasteiger partial charge in [0.2, 0.25) is 10.0 Å². The number of fused-ring (bicyclic) bond motifs is 2. The highest BCUT2D eigenvalue weighted by molar-refractivity contribution is 7.89. The van der Waals surface area contributed by atoms with Crippen LogP contribution in [0, 0.1) is 0 Å². The fourth-order valence-corrected chi connectivity index (χ4v) is 5.72. The summed E-state index contributed by atoms with van der Waals surface area (Å²) >= 11 is 0. The molecule has 3 aromatic carbocycles. The summed E-state index contributed by atoms with van der Waals surface area (Å²) in [4.78, 5) is 3.23. The highest BCUT2D eigenvalue weighted by Crippen LogP contribution is 2.37. The molecule has 0 radical (unpaired) electrons. The first kappa shape index (κ1) is 21.5. The molecule has 7 nitrogen and oxygen atoms in total. The van der Waals surface area contributed by atoms with Crippen molar-refractivity contribution in [1.29, 1.82) is 0 Å². The first-order chi connectivity index (χ1) is 15.9. The lowest BCUT2D eigenvalue weighted by molar-refractivity contribution is 0.256. The molecule has 0 unspecified atom stereocenters. The van der Waals surface area contributed by atoms with Gasteiger partial charge in [-0.1, -0.05) is 30.3 Å². The number of benzene rings is 3. The Morgan fingerprint density at radius 3 is 2.64 bits per heavy atom. The van der Waals surface area contributed by atoms with Gasteiger partial charge < -0.3 is 19.9 Å². The molecular weight excluding hydrogens is 440 g/mol. The molecule has 0 spiro atoms. The van der Waals surface area contributed by atoms with Crippen LogP contribution in [-0.4, -0.2) is 42.9 Å². The predicted molar refractivity (Wildman–Crippen MR) is 126 cm³/mol. The molecule has 170 valence electrons. The summed E-state index contributed by atoms with van der Waals surface area (Å²) in [5.41, 5.74) is 4.21. The van der Waals surface area contributed by atoms with E-state index in [-0.39, 0.29) is 17.3 Å². The Bertz CT molecular complexity index is 1410. The van der Waals surface area contributed by atoms with Gasteiger partial charge in [0.15, 0.2) is 0 Å². The van der Waals surface area contributed by atoms with Gasteiger partial charge in [0, 0.05) is 29.6 Å². The van der Waals surface area contributed by atoms with Gasteiger partial charge in [0.1, 0.15) is 16.4 Å².